The summed E-state index contributed by atoms with van der Waals surface area (Å²) >= 11 is 0. The summed E-state index contributed by atoms with van der Waals surface area (Å²) in [5.74, 6) is -2.40. The Bertz CT molecular complexity index is 1130. The first-order valence-electron chi connectivity index (χ1n) is 10.3. The number of aryl methyl sites for hydroxylation is 1. The van der Waals surface area contributed by atoms with Crippen molar-refractivity contribution in [3.8, 4) is 5.75 Å². The summed E-state index contributed by atoms with van der Waals surface area (Å²) in [7, 11) is 0. The number of hydrogen-bond donors (Lipinski definition) is 2. The summed E-state index contributed by atoms with van der Waals surface area (Å²) in [6, 6.07) is 4.65. The second-order valence-corrected chi connectivity index (χ2v) is 8.32. The number of halogens is 1. The fourth-order valence-electron chi connectivity index (χ4n) is 4.12. The number of nitrogens with one attached hydrogen (secondary N) is 1. The molecule has 2 aromatic rings. The Morgan fingerprint density at radius 2 is 1.94 bits per heavy atom. The topological polar surface area (TPSA) is 94.9 Å². The van der Waals surface area contributed by atoms with Crippen molar-refractivity contribution in [1.82, 2.24) is 14.9 Å². The van der Waals surface area contributed by atoms with Gasteiger partial charge in [0.1, 0.15) is 18.0 Å². The highest BCUT2D eigenvalue weighted by Gasteiger charge is 2.39. The maximum absolute atomic E-state index is 14.1. The van der Waals surface area contributed by atoms with Crippen LogP contribution in [0, 0.1) is 12.7 Å². The molecule has 2 aliphatic heterocycles. The Morgan fingerprint density at radius 3 is 2.65 bits per heavy atom. The van der Waals surface area contributed by atoms with Gasteiger partial charge in [0, 0.05) is 30.4 Å². The van der Waals surface area contributed by atoms with Crippen LogP contribution in [0.25, 0.3) is 0 Å². The molecule has 0 saturated carbocycles. The highest BCUT2D eigenvalue weighted by molar-refractivity contribution is 5.99. The fraction of sp³-hybridized carbons (Fsp3) is 0.409. The number of fused-ring (bicyclic) bond motifs is 4. The number of carbonyl (C=O) groups is 2. The van der Waals surface area contributed by atoms with Crippen LogP contribution in [0.1, 0.15) is 58.7 Å². The summed E-state index contributed by atoms with van der Waals surface area (Å²) in [5.41, 5.74) is -0.340. The number of carbonyl (C=O) groups excluding carboxylic acids is 2. The first kappa shape index (κ1) is 20.9. The first-order valence-corrected chi connectivity index (χ1v) is 10.3. The molecular formula is C22H25FN4O4. The smallest absolute Gasteiger partial charge is 0.278 e. The van der Waals surface area contributed by atoms with Gasteiger partial charge >= 0.3 is 0 Å². The lowest BCUT2D eigenvalue weighted by molar-refractivity contribution is 0.0627. The summed E-state index contributed by atoms with van der Waals surface area (Å²) in [6.07, 6.45) is 2.89. The average molecular weight is 428 g/mol. The summed E-state index contributed by atoms with van der Waals surface area (Å²) in [4.78, 5) is 40.1. The predicted octanol–water partition coefficient (Wildman–Crippen LogP) is 1.85. The monoisotopic (exact) mass is 428 g/mol. The van der Waals surface area contributed by atoms with E-state index in [1.165, 1.54) is 16.9 Å². The maximum atomic E-state index is 14.1. The van der Waals surface area contributed by atoms with E-state index in [1.807, 2.05) is 18.9 Å². The molecule has 164 valence electrons. The third kappa shape index (κ3) is 3.54. The largest absolute Gasteiger partial charge is 0.502 e. The number of aromatic nitrogens is 1. The SMILES string of the molecule is Cc1ccc(CNC(=O)c2cn3c(c(O)c2=O)C(=O)N2CN3[C@H](C)CC[C@@H]2C)c(F)c1. The zero-order valence-electron chi connectivity index (χ0n) is 17.7. The van der Waals surface area contributed by atoms with Gasteiger partial charge in [-0.05, 0) is 45.2 Å². The van der Waals surface area contributed by atoms with Crippen molar-refractivity contribution in [3.05, 3.63) is 62.8 Å². The normalized spacial score (nSPS) is 20.3. The van der Waals surface area contributed by atoms with Crippen molar-refractivity contribution >= 4 is 11.8 Å². The van der Waals surface area contributed by atoms with E-state index < -0.39 is 28.8 Å². The van der Waals surface area contributed by atoms with Crippen LogP contribution in [-0.4, -0.2) is 45.2 Å². The minimum Gasteiger partial charge on any atom is -0.502 e. The van der Waals surface area contributed by atoms with Crippen molar-refractivity contribution < 1.29 is 19.1 Å². The van der Waals surface area contributed by atoms with E-state index in [1.54, 1.807) is 24.0 Å². The van der Waals surface area contributed by atoms with Gasteiger partial charge in [-0.25, -0.2) is 4.39 Å². The second-order valence-electron chi connectivity index (χ2n) is 8.32. The van der Waals surface area contributed by atoms with Gasteiger partial charge in [0.2, 0.25) is 5.43 Å². The quantitative estimate of drug-likeness (QED) is 0.778. The first-order chi connectivity index (χ1) is 14.7. The molecular weight excluding hydrogens is 403 g/mol. The van der Waals surface area contributed by atoms with E-state index in [2.05, 4.69) is 5.32 Å². The predicted molar refractivity (Wildman–Crippen MR) is 112 cm³/mol. The van der Waals surface area contributed by atoms with Gasteiger partial charge in [0.05, 0.1) is 0 Å². The van der Waals surface area contributed by atoms with Crippen LogP contribution in [-0.2, 0) is 6.54 Å². The molecule has 4 rings (SSSR count). The van der Waals surface area contributed by atoms with Crippen molar-refractivity contribution in [2.45, 2.75) is 52.2 Å². The minimum absolute atomic E-state index is 0.0266. The molecule has 9 heteroatoms. The molecule has 0 unspecified atom stereocenters. The van der Waals surface area contributed by atoms with Crippen LogP contribution in [0.5, 0.6) is 5.75 Å². The average Bonchev–Trinajstić information content (AvgIpc) is 2.85. The Balaban J connectivity index is 1.69. The van der Waals surface area contributed by atoms with E-state index >= 15 is 0 Å². The third-order valence-electron chi connectivity index (χ3n) is 6.14. The molecule has 1 saturated heterocycles. The number of benzene rings is 1. The van der Waals surface area contributed by atoms with E-state index in [4.69, 9.17) is 0 Å². The molecule has 2 atom stereocenters. The molecule has 8 nitrogen and oxygen atoms in total. The Labute approximate surface area is 178 Å². The zero-order chi connectivity index (χ0) is 22.4. The van der Waals surface area contributed by atoms with Gasteiger partial charge in [-0.2, -0.15) is 0 Å². The van der Waals surface area contributed by atoms with Crippen LogP contribution in [0.3, 0.4) is 0 Å². The molecule has 1 aromatic carbocycles. The fourth-order valence-corrected chi connectivity index (χ4v) is 4.12. The lowest BCUT2D eigenvalue weighted by Crippen LogP contribution is -2.57. The molecule has 31 heavy (non-hydrogen) atoms. The Hall–Kier alpha value is -3.36. The van der Waals surface area contributed by atoms with E-state index in [0.29, 0.717) is 6.67 Å². The molecule has 0 radical (unpaired) electrons. The van der Waals surface area contributed by atoms with Gasteiger partial charge in [0.25, 0.3) is 11.8 Å². The second kappa shape index (κ2) is 7.72. The number of nitrogens with zero attached hydrogens (tertiary/aromatic N) is 3. The number of amides is 2. The van der Waals surface area contributed by atoms with Crippen LogP contribution >= 0.6 is 0 Å². The molecule has 1 aromatic heterocycles. The summed E-state index contributed by atoms with van der Waals surface area (Å²) in [6.45, 7) is 5.87. The van der Waals surface area contributed by atoms with Gasteiger partial charge in [0.15, 0.2) is 11.4 Å². The van der Waals surface area contributed by atoms with Crippen LogP contribution < -0.4 is 15.8 Å². The van der Waals surface area contributed by atoms with E-state index in [0.717, 1.165) is 18.4 Å². The highest BCUT2D eigenvalue weighted by Crippen LogP contribution is 2.28. The number of hydrogen-bond acceptors (Lipinski definition) is 5. The number of aromatic hydroxyl groups is 1. The Morgan fingerprint density at radius 1 is 1.23 bits per heavy atom. The van der Waals surface area contributed by atoms with Gasteiger partial charge < -0.3 is 15.3 Å². The van der Waals surface area contributed by atoms with Crippen molar-refractivity contribution in [1.29, 1.82) is 0 Å². The van der Waals surface area contributed by atoms with Crippen LogP contribution in [0.4, 0.5) is 4.39 Å². The van der Waals surface area contributed by atoms with E-state index in [9.17, 15) is 23.9 Å². The lowest BCUT2D eigenvalue weighted by Gasteiger charge is -2.41. The standard InChI is InChI=1S/C22H25FN4O4/c1-12-4-7-15(17(23)8-12)9-24-21(30)16-10-26-18(20(29)19(16)28)22(31)25-11-27(26)14(3)6-5-13(25)2/h4,7-8,10,13-14,29H,5-6,9,11H2,1-3H3,(H,24,30)/t13-,14+/m0/s1. The minimum atomic E-state index is -0.928. The number of pyridine rings is 1. The van der Waals surface area contributed by atoms with Gasteiger partial charge in [-0.3, -0.25) is 24.1 Å². The molecule has 1 fully saturated rings. The summed E-state index contributed by atoms with van der Waals surface area (Å²) < 4.78 is 15.5. The molecule has 3 heterocycles. The maximum Gasteiger partial charge on any atom is 0.278 e. The number of rotatable bonds is 3. The molecule has 0 spiro atoms. The van der Waals surface area contributed by atoms with E-state index in [-0.39, 0.29) is 35.4 Å². The van der Waals surface area contributed by atoms with Gasteiger partial charge in [-0.15, -0.1) is 0 Å². The molecule has 2 aliphatic rings. The molecule has 0 aliphatic carbocycles. The van der Waals surface area contributed by atoms with Crippen molar-refractivity contribution in [3.63, 3.8) is 0 Å². The zero-order valence-corrected chi connectivity index (χ0v) is 17.7. The highest BCUT2D eigenvalue weighted by atomic mass is 19.1. The van der Waals surface area contributed by atoms with Crippen molar-refractivity contribution in [2.75, 3.05) is 11.7 Å². The molecule has 2 amide bonds. The van der Waals surface area contributed by atoms with Crippen LogP contribution in [0.15, 0.2) is 29.2 Å². The van der Waals surface area contributed by atoms with Crippen molar-refractivity contribution in [2.24, 2.45) is 0 Å². The van der Waals surface area contributed by atoms with Crippen LogP contribution in [0.2, 0.25) is 0 Å². The molecule has 2 bridgehead atoms. The Kier molecular flexibility index (Phi) is 5.20. The summed E-state index contributed by atoms with van der Waals surface area (Å²) in [5, 5.41) is 15.0. The lowest BCUT2D eigenvalue weighted by atomic mass is 10.1. The third-order valence-corrected chi connectivity index (χ3v) is 6.14. The molecule has 2 N–H and O–H groups in total. The van der Waals surface area contributed by atoms with Gasteiger partial charge in [-0.1, -0.05) is 12.1 Å².